The van der Waals surface area contributed by atoms with Crippen molar-refractivity contribution in [2.75, 3.05) is 0 Å². The van der Waals surface area contributed by atoms with Crippen LogP contribution < -0.4 is 5.32 Å². The fourth-order valence-corrected chi connectivity index (χ4v) is 3.05. The molecule has 96 valence electrons. The van der Waals surface area contributed by atoms with E-state index in [4.69, 9.17) is 12.2 Å². The smallest absolute Gasteiger partial charge is 0.174 e. The Bertz CT molecular complexity index is 477. The lowest BCUT2D eigenvalue weighted by Crippen LogP contribution is -2.53. The first kappa shape index (κ1) is 13.1. The van der Waals surface area contributed by atoms with Crippen LogP contribution in [0.25, 0.3) is 0 Å². The molecule has 1 atom stereocenters. The Morgan fingerprint density at radius 3 is 2.39 bits per heavy atom. The van der Waals surface area contributed by atoms with Crippen molar-refractivity contribution in [3.63, 3.8) is 0 Å². The summed E-state index contributed by atoms with van der Waals surface area (Å²) in [5.74, 6) is 0. The molecule has 0 aromatic heterocycles. The number of hydrogen-bond acceptors (Lipinski definition) is 1. The van der Waals surface area contributed by atoms with Crippen molar-refractivity contribution in [2.24, 2.45) is 0 Å². The van der Waals surface area contributed by atoms with Crippen LogP contribution in [-0.4, -0.2) is 15.6 Å². The minimum atomic E-state index is -0.0614. The second-order valence-electron chi connectivity index (χ2n) is 5.39. The highest BCUT2D eigenvalue weighted by Crippen LogP contribution is 2.28. The zero-order valence-electron chi connectivity index (χ0n) is 11.4. The Kier molecular flexibility index (Phi) is 3.44. The SMILES string of the molecule is CC1=CC(C)(C)NC(=S)N1[C@@H](C)c1ccccc1. The van der Waals surface area contributed by atoms with Crippen LogP contribution >= 0.6 is 12.2 Å². The molecule has 0 radical (unpaired) electrons. The Balaban J connectivity index is 2.31. The lowest BCUT2D eigenvalue weighted by molar-refractivity contribution is 0.362. The van der Waals surface area contributed by atoms with Crippen LogP contribution in [0.4, 0.5) is 0 Å². The van der Waals surface area contributed by atoms with Crippen molar-refractivity contribution in [2.45, 2.75) is 39.3 Å². The van der Waals surface area contributed by atoms with Gasteiger partial charge in [-0.15, -0.1) is 0 Å². The van der Waals surface area contributed by atoms with Crippen LogP contribution in [0.15, 0.2) is 42.1 Å². The molecule has 18 heavy (non-hydrogen) atoms. The van der Waals surface area contributed by atoms with E-state index in [9.17, 15) is 0 Å². The molecule has 1 aliphatic heterocycles. The highest BCUT2D eigenvalue weighted by Gasteiger charge is 2.29. The second-order valence-corrected chi connectivity index (χ2v) is 5.78. The van der Waals surface area contributed by atoms with E-state index in [1.54, 1.807) is 0 Å². The van der Waals surface area contributed by atoms with E-state index in [0.29, 0.717) is 0 Å². The molecule has 1 aromatic rings. The summed E-state index contributed by atoms with van der Waals surface area (Å²) < 4.78 is 0. The van der Waals surface area contributed by atoms with Crippen LogP contribution in [0.2, 0.25) is 0 Å². The first-order chi connectivity index (χ1) is 8.41. The van der Waals surface area contributed by atoms with E-state index < -0.39 is 0 Å². The van der Waals surface area contributed by atoms with Gasteiger partial charge in [-0.25, -0.2) is 0 Å². The van der Waals surface area contributed by atoms with Gasteiger partial charge in [0.05, 0.1) is 11.6 Å². The maximum absolute atomic E-state index is 5.50. The molecule has 2 nitrogen and oxygen atoms in total. The summed E-state index contributed by atoms with van der Waals surface area (Å²) in [4.78, 5) is 2.18. The van der Waals surface area contributed by atoms with Gasteiger partial charge in [-0.2, -0.15) is 0 Å². The van der Waals surface area contributed by atoms with Crippen molar-refractivity contribution in [3.05, 3.63) is 47.7 Å². The van der Waals surface area contributed by atoms with Crippen LogP contribution in [0.1, 0.15) is 39.3 Å². The Labute approximate surface area is 115 Å². The van der Waals surface area contributed by atoms with Gasteiger partial charge in [0.25, 0.3) is 0 Å². The number of benzene rings is 1. The minimum absolute atomic E-state index is 0.0614. The normalized spacial score (nSPS) is 20.1. The van der Waals surface area contributed by atoms with E-state index in [2.05, 4.69) is 68.3 Å². The zero-order chi connectivity index (χ0) is 13.3. The highest BCUT2D eigenvalue weighted by molar-refractivity contribution is 7.80. The van der Waals surface area contributed by atoms with Crippen molar-refractivity contribution in [3.8, 4) is 0 Å². The van der Waals surface area contributed by atoms with Gasteiger partial charge >= 0.3 is 0 Å². The summed E-state index contributed by atoms with van der Waals surface area (Å²) in [6, 6.07) is 10.7. The molecule has 1 N–H and O–H groups in total. The summed E-state index contributed by atoms with van der Waals surface area (Å²) in [6.07, 6.45) is 2.22. The van der Waals surface area contributed by atoms with Gasteiger partial charge in [0.1, 0.15) is 0 Å². The first-order valence-electron chi connectivity index (χ1n) is 6.26. The third-order valence-corrected chi connectivity index (χ3v) is 3.57. The molecule has 0 spiro atoms. The molecule has 1 aliphatic rings. The molecule has 0 unspecified atom stereocenters. The van der Waals surface area contributed by atoms with E-state index >= 15 is 0 Å². The highest BCUT2D eigenvalue weighted by atomic mass is 32.1. The average molecular weight is 260 g/mol. The Morgan fingerprint density at radius 2 is 1.83 bits per heavy atom. The maximum atomic E-state index is 5.50. The van der Waals surface area contributed by atoms with Gasteiger partial charge in [-0.1, -0.05) is 30.3 Å². The predicted molar refractivity (Wildman–Crippen MR) is 80.3 cm³/mol. The Hall–Kier alpha value is -1.35. The molecule has 1 heterocycles. The van der Waals surface area contributed by atoms with E-state index in [0.717, 1.165) is 5.11 Å². The fourth-order valence-electron chi connectivity index (χ4n) is 2.49. The summed E-state index contributed by atoms with van der Waals surface area (Å²) in [5, 5.41) is 4.17. The van der Waals surface area contributed by atoms with Gasteiger partial charge in [-0.05, 0) is 51.6 Å². The monoisotopic (exact) mass is 260 g/mol. The van der Waals surface area contributed by atoms with Crippen molar-refractivity contribution in [1.29, 1.82) is 0 Å². The molecule has 0 saturated carbocycles. The first-order valence-corrected chi connectivity index (χ1v) is 6.67. The largest absolute Gasteiger partial charge is 0.354 e. The number of rotatable bonds is 2. The van der Waals surface area contributed by atoms with Crippen LogP contribution in [0.3, 0.4) is 0 Å². The van der Waals surface area contributed by atoms with Crippen molar-refractivity contribution >= 4 is 17.3 Å². The lowest BCUT2D eigenvalue weighted by Gasteiger charge is -2.41. The number of nitrogens with one attached hydrogen (secondary N) is 1. The summed E-state index contributed by atoms with van der Waals surface area (Å²) >= 11 is 5.50. The van der Waals surface area contributed by atoms with Crippen LogP contribution in [0.5, 0.6) is 0 Å². The molecular formula is C15H20N2S. The van der Waals surface area contributed by atoms with Crippen molar-refractivity contribution < 1.29 is 0 Å². The number of hydrogen-bond donors (Lipinski definition) is 1. The molecule has 0 bridgehead atoms. The molecule has 0 aliphatic carbocycles. The van der Waals surface area contributed by atoms with Gasteiger partial charge in [0.15, 0.2) is 5.11 Å². The van der Waals surface area contributed by atoms with Crippen LogP contribution in [0, 0.1) is 0 Å². The van der Waals surface area contributed by atoms with E-state index in [1.165, 1.54) is 11.3 Å². The summed E-state index contributed by atoms with van der Waals surface area (Å²) in [6.45, 7) is 8.56. The molecule has 1 aromatic carbocycles. The summed E-state index contributed by atoms with van der Waals surface area (Å²) in [5.41, 5.74) is 2.42. The quantitative estimate of drug-likeness (QED) is 0.818. The van der Waals surface area contributed by atoms with E-state index in [1.807, 2.05) is 6.07 Å². The molecule has 3 heteroatoms. The third-order valence-electron chi connectivity index (χ3n) is 3.27. The van der Waals surface area contributed by atoms with E-state index in [-0.39, 0.29) is 11.6 Å². The Morgan fingerprint density at radius 1 is 1.22 bits per heavy atom. The molecule has 0 fully saturated rings. The molecule has 2 rings (SSSR count). The summed E-state index contributed by atoms with van der Waals surface area (Å²) in [7, 11) is 0. The number of thiocarbonyl (C=S) groups is 1. The molecule has 0 saturated heterocycles. The second kappa shape index (κ2) is 4.73. The molecule has 0 amide bonds. The standard InChI is InChI=1S/C15H20N2S/c1-11-10-15(3,4)16-14(18)17(11)12(2)13-8-6-5-7-9-13/h5-10,12H,1-4H3,(H,16,18)/t12-/m0/s1. The lowest BCUT2D eigenvalue weighted by atomic mass is 9.99. The number of allylic oxidation sites excluding steroid dienone is 1. The fraction of sp³-hybridized carbons (Fsp3) is 0.400. The van der Waals surface area contributed by atoms with Crippen LogP contribution in [-0.2, 0) is 0 Å². The average Bonchev–Trinajstić information content (AvgIpc) is 2.27. The maximum Gasteiger partial charge on any atom is 0.174 e. The van der Waals surface area contributed by atoms with Gasteiger partial charge in [-0.3, -0.25) is 0 Å². The third kappa shape index (κ3) is 2.56. The van der Waals surface area contributed by atoms with Crippen molar-refractivity contribution in [1.82, 2.24) is 10.2 Å². The van der Waals surface area contributed by atoms with Gasteiger partial charge < -0.3 is 10.2 Å². The van der Waals surface area contributed by atoms with Gasteiger partial charge in [0.2, 0.25) is 0 Å². The predicted octanol–water partition coefficient (Wildman–Crippen LogP) is 3.62. The zero-order valence-corrected chi connectivity index (χ0v) is 12.2. The number of nitrogens with zero attached hydrogens (tertiary/aromatic N) is 1. The molecular weight excluding hydrogens is 240 g/mol. The topological polar surface area (TPSA) is 15.3 Å². The van der Waals surface area contributed by atoms with Gasteiger partial charge in [0, 0.05) is 5.70 Å². The minimum Gasteiger partial charge on any atom is -0.354 e.